The maximum atomic E-state index is 13.1. The van der Waals surface area contributed by atoms with Crippen LogP contribution in [0.15, 0.2) is 53.0 Å². The van der Waals surface area contributed by atoms with Crippen molar-refractivity contribution in [3.05, 3.63) is 69.7 Å². The van der Waals surface area contributed by atoms with Crippen molar-refractivity contribution in [2.24, 2.45) is 5.92 Å². The minimum Gasteiger partial charge on any atom is -0.354 e. The lowest BCUT2D eigenvalue weighted by Crippen LogP contribution is -2.48. The molecule has 0 heterocycles. The van der Waals surface area contributed by atoms with Gasteiger partial charge in [-0.25, -0.2) is 0 Å². The second-order valence-corrected chi connectivity index (χ2v) is 9.85. The number of hydrogen-bond donors (Lipinski definition) is 1. The van der Waals surface area contributed by atoms with E-state index in [0.717, 1.165) is 15.8 Å². The third kappa shape index (κ3) is 8.15. The van der Waals surface area contributed by atoms with E-state index in [2.05, 4.69) is 60.2 Å². The molecule has 162 valence electrons. The van der Waals surface area contributed by atoms with Gasteiger partial charge in [0.15, 0.2) is 0 Å². The lowest BCUT2D eigenvalue weighted by molar-refractivity contribution is -0.138. The molecule has 0 radical (unpaired) electrons. The summed E-state index contributed by atoms with van der Waals surface area (Å²) in [6.45, 7) is 8.98. The van der Waals surface area contributed by atoms with Gasteiger partial charge in [0, 0.05) is 23.3 Å². The molecule has 0 spiro atoms. The predicted molar refractivity (Wildman–Crippen MR) is 129 cm³/mol. The van der Waals surface area contributed by atoms with Gasteiger partial charge in [0.25, 0.3) is 0 Å². The number of carbonyl (C=O) groups is 2. The third-order valence-corrected chi connectivity index (χ3v) is 6.15. The Morgan fingerprint density at radius 2 is 1.77 bits per heavy atom. The molecule has 6 heteroatoms. The predicted octanol–water partition coefficient (Wildman–Crippen LogP) is 5.18. The van der Waals surface area contributed by atoms with Crippen LogP contribution in [0.3, 0.4) is 0 Å². The standard InChI is InChI=1S/C24H31BrN2O2S/c1-17(2)13-26-24(29)19(4)27(14-20-8-6-10-22(25)12-20)23(28)16-30-15-21-9-5-7-18(3)11-21/h5-12,17,19H,13-16H2,1-4H3,(H,26,29)/t19-/m1/s1. The van der Waals surface area contributed by atoms with E-state index >= 15 is 0 Å². The molecule has 0 aliphatic heterocycles. The fourth-order valence-electron chi connectivity index (χ4n) is 3.01. The molecule has 0 aliphatic rings. The Hall–Kier alpha value is -1.79. The Bertz CT molecular complexity index is 857. The third-order valence-electron chi connectivity index (χ3n) is 4.67. The van der Waals surface area contributed by atoms with Gasteiger partial charge in [-0.2, -0.15) is 0 Å². The van der Waals surface area contributed by atoms with Crippen LogP contribution in [0.5, 0.6) is 0 Å². The molecule has 2 amide bonds. The van der Waals surface area contributed by atoms with Gasteiger partial charge in [0.1, 0.15) is 6.04 Å². The molecule has 0 aromatic heterocycles. The average molecular weight is 491 g/mol. The first kappa shape index (κ1) is 24.5. The summed E-state index contributed by atoms with van der Waals surface area (Å²) in [4.78, 5) is 27.4. The van der Waals surface area contributed by atoms with E-state index in [1.54, 1.807) is 23.6 Å². The molecule has 2 aromatic carbocycles. The summed E-state index contributed by atoms with van der Waals surface area (Å²) in [7, 11) is 0. The largest absolute Gasteiger partial charge is 0.354 e. The lowest BCUT2D eigenvalue weighted by atomic mass is 10.1. The number of nitrogens with one attached hydrogen (secondary N) is 1. The van der Waals surface area contributed by atoms with Gasteiger partial charge < -0.3 is 10.2 Å². The molecule has 2 rings (SSSR count). The minimum atomic E-state index is -0.533. The highest BCUT2D eigenvalue weighted by Crippen LogP contribution is 2.18. The molecule has 0 aliphatic carbocycles. The molecule has 0 bridgehead atoms. The monoisotopic (exact) mass is 490 g/mol. The summed E-state index contributed by atoms with van der Waals surface area (Å²) < 4.78 is 0.957. The number of aryl methyl sites for hydroxylation is 1. The van der Waals surface area contributed by atoms with E-state index < -0.39 is 6.04 Å². The summed E-state index contributed by atoms with van der Waals surface area (Å²) in [6.07, 6.45) is 0. The molecular weight excluding hydrogens is 460 g/mol. The van der Waals surface area contributed by atoms with E-state index in [9.17, 15) is 9.59 Å². The van der Waals surface area contributed by atoms with Crippen molar-refractivity contribution in [3.63, 3.8) is 0 Å². The first-order valence-electron chi connectivity index (χ1n) is 10.2. The highest BCUT2D eigenvalue weighted by molar-refractivity contribution is 9.10. The lowest BCUT2D eigenvalue weighted by Gasteiger charge is -2.29. The van der Waals surface area contributed by atoms with Gasteiger partial charge in [-0.15, -0.1) is 11.8 Å². The van der Waals surface area contributed by atoms with Gasteiger partial charge >= 0.3 is 0 Å². The van der Waals surface area contributed by atoms with Crippen molar-refractivity contribution in [1.29, 1.82) is 0 Å². The van der Waals surface area contributed by atoms with Gasteiger partial charge in [-0.05, 0) is 43.0 Å². The summed E-state index contributed by atoms with van der Waals surface area (Å²) in [6, 6.07) is 15.6. The van der Waals surface area contributed by atoms with Crippen LogP contribution in [0.1, 0.15) is 37.5 Å². The number of thioether (sulfide) groups is 1. The molecule has 1 atom stereocenters. The van der Waals surface area contributed by atoms with Crippen LogP contribution in [0.2, 0.25) is 0 Å². The Kier molecular flexibility index (Phi) is 9.92. The molecule has 0 unspecified atom stereocenters. The van der Waals surface area contributed by atoms with Crippen LogP contribution in [-0.4, -0.2) is 35.1 Å². The minimum absolute atomic E-state index is 0.0279. The highest BCUT2D eigenvalue weighted by atomic mass is 79.9. The Morgan fingerprint density at radius 3 is 2.43 bits per heavy atom. The molecule has 4 nitrogen and oxygen atoms in total. The number of rotatable bonds is 10. The molecule has 1 N–H and O–H groups in total. The second-order valence-electron chi connectivity index (χ2n) is 7.95. The summed E-state index contributed by atoms with van der Waals surface area (Å²) >= 11 is 5.06. The van der Waals surface area contributed by atoms with Crippen molar-refractivity contribution in [1.82, 2.24) is 10.2 Å². The Balaban J connectivity index is 2.06. The van der Waals surface area contributed by atoms with Crippen LogP contribution < -0.4 is 5.32 Å². The van der Waals surface area contributed by atoms with E-state index in [1.165, 1.54) is 11.1 Å². The number of hydrogen-bond acceptors (Lipinski definition) is 3. The summed E-state index contributed by atoms with van der Waals surface area (Å²) in [5, 5.41) is 2.95. The van der Waals surface area contributed by atoms with Gasteiger partial charge in [-0.3, -0.25) is 9.59 Å². The smallest absolute Gasteiger partial charge is 0.242 e. The van der Waals surface area contributed by atoms with Crippen molar-refractivity contribution in [2.45, 2.75) is 46.0 Å². The first-order valence-corrected chi connectivity index (χ1v) is 12.2. The fourth-order valence-corrected chi connectivity index (χ4v) is 4.31. The molecule has 30 heavy (non-hydrogen) atoms. The van der Waals surface area contributed by atoms with E-state index in [1.807, 2.05) is 30.3 Å². The Labute approximate surface area is 192 Å². The number of halogens is 1. The number of amides is 2. The topological polar surface area (TPSA) is 49.4 Å². The van der Waals surface area contributed by atoms with Crippen LogP contribution in [0, 0.1) is 12.8 Å². The van der Waals surface area contributed by atoms with E-state index in [-0.39, 0.29) is 11.8 Å². The van der Waals surface area contributed by atoms with Gasteiger partial charge in [0.05, 0.1) is 5.75 Å². The first-order chi connectivity index (χ1) is 14.3. The molecular formula is C24H31BrN2O2S. The van der Waals surface area contributed by atoms with E-state index in [0.29, 0.717) is 24.8 Å². The van der Waals surface area contributed by atoms with Gasteiger partial charge in [-0.1, -0.05) is 71.7 Å². The zero-order chi connectivity index (χ0) is 22.1. The van der Waals surface area contributed by atoms with Crippen molar-refractivity contribution >= 4 is 39.5 Å². The van der Waals surface area contributed by atoms with Crippen LogP contribution in [0.4, 0.5) is 0 Å². The zero-order valence-corrected chi connectivity index (χ0v) is 20.6. The number of carbonyl (C=O) groups excluding carboxylic acids is 2. The van der Waals surface area contributed by atoms with Crippen LogP contribution in [-0.2, 0) is 21.9 Å². The SMILES string of the molecule is Cc1cccc(CSCC(=O)N(Cc2cccc(Br)c2)[C@H](C)C(=O)NCC(C)C)c1. The van der Waals surface area contributed by atoms with Gasteiger partial charge in [0.2, 0.25) is 11.8 Å². The molecule has 2 aromatic rings. The molecule has 0 saturated carbocycles. The highest BCUT2D eigenvalue weighted by Gasteiger charge is 2.26. The maximum absolute atomic E-state index is 13.1. The molecule has 0 fully saturated rings. The van der Waals surface area contributed by atoms with Crippen molar-refractivity contribution in [2.75, 3.05) is 12.3 Å². The fraction of sp³-hybridized carbons (Fsp3) is 0.417. The van der Waals surface area contributed by atoms with Crippen LogP contribution >= 0.6 is 27.7 Å². The summed E-state index contributed by atoms with van der Waals surface area (Å²) in [5.74, 6) is 1.33. The van der Waals surface area contributed by atoms with Crippen LogP contribution in [0.25, 0.3) is 0 Å². The maximum Gasteiger partial charge on any atom is 0.242 e. The zero-order valence-electron chi connectivity index (χ0n) is 18.2. The van der Waals surface area contributed by atoms with Crippen molar-refractivity contribution in [3.8, 4) is 0 Å². The second kappa shape index (κ2) is 12.2. The Morgan fingerprint density at radius 1 is 1.07 bits per heavy atom. The number of benzene rings is 2. The quantitative estimate of drug-likeness (QED) is 0.498. The van der Waals surface area contributed by atoms with Crippen molar-refractivity contribution < 1.29 is 9.59 Å². The van der Waals surface area contributed by atoms with E-state index in [4.69, 9.17) is 0 Å². The average Bonchev–Trinajstić information content (AvgIpc) is 2.69. The summed E-state index contributed by atoms with van der Waals surface area (Å²) in [5.41, 5.74) is 3.41. The normalized spacial score (nSPS) is 11.9. The molecule has 0 saturated heterocycles. The number of nitrogens with zero attached hydrogens (tertiary/aromatic N) is 1.